The van der Waals surface area contributed by atoms with Gasteiger partial charge in [-0.3, -0.25) is 4.98 Å². The molecule has 14 heavy (non-hydrogen) atoms. The molecule has 1 aromatic heterocycles. The van der Waals surface area contributed by atoms with Gasteiger partial charge >= 0.3 is 0 Å². The molecule has 0 saturated carbocycles. The lowest BCUT2D eigenvalue weighted by atomic mass is 10.1. The number of halogens is 1. The first-order valence-electron chi connectivity index (χ1n) is 4.44. The third kappa shape index (κ3) is 1.64. The van der Waals surface area contributed by atoms with Crippen LogP contribution in [0.15, 0.2) is 42.5 Å². The Kier molecular flexibility index (Phi) is 2.27. The average Bonchev–Trinajstić information content (AvgIpc) is 2.18. The summed E-state index contributed by atoms with van der Waals surface area (Å²) in [5.41, 5.74) is 0.822. The van der Waals surface area contributed by atoms with Gasteiger partial charge in [0, 0.05) is 23.3 Å². The number of fused-ring (bicyclic) bond motifs is 1. The summed E-state index contributed by atoms with van der Waals surface area (Å²) >= 11 is 0. The van der Waals surface area contributed by atoms with Crippen LogP contribution < -0.4 is 0 Å². The maximum absolute atomic E-state index is 12.7. The molecule has 1 aromatic carbocycles. The van der Waals surface area contributed by atoms with Crippen LogP contribution in [0.3, 0.4) is 0 Å². The molecule has 0 fully saturated rings. The lowest BCUT2D eigenvalue weighted by Crippen LogP contribution is -1.81. The number of allylic oxidation sites excluding steroid dienone is 1. The van der Waals surface area contributed by atoms with E-state index in [9.17, 15) is 4.39 Å². The number of aromatic nitrogens is 1. The molecule has 0 aliphatic rings. The number of pyridine rings is 1. The second kappa shape index (κ2) is 3.58. The maximum atomic E-state index is 12.7. The van der Waals surface area contributed by atoms with Crippen LogP contribution in [0.4, 0.5) is 4.39 Å². The lowest BCUT2D eigenvalue weighted by molar-refractivity contribution is 0.648. The molecule has 0 saturated heterocycles. The van der Waals surface area contributed by atoms with Crippen LogP contribution in [-0.2, 0) is 0 Å². The molecule has 2 aromatic rings. The fourth-order valence-electron chi connectivity index (χ4n) is 1.47. The molecule has 0 aliphatic heterocycles. The highest BCUT2D eigenvalue weighted by molar-refractivity contribution is 5.89. The minimum Gasteiger partial charge on any atom is -0.263 e. The lowest BCUT2D eigenvalue weighted by Gasteiger charge is -2.00. The van der Waals surface area contributed by atoms with Gasteiger partial charge in [0.25, 0.3) is 0 Å². The molecule has 70 valence electrons. The van der Waals surface area contributed by atoms with E-state index in [1.807, 2.05) is 24.3 Å². The Balaban J connectivity index is 2.71. The molecule has 0 N–H and O–H groups in total. The fourth-order valence-corrected chi connectivity index (χ4v) is 1.47. The van der Waals surface area contributed by atoms with Gasteiger partial charge in [0.2, 0.25) is 0 Å². The van der Waals surface area contributed by atoms with Crippen molar-refractivity contribution in [2.45, 2.75) is 6.92 Å². The average molecular weight is 187 g/mol. The zero-order chi connectivity index (χ0) is 9.97. The number of benzene rings is 1. The Morgan fingerprint density at radius 1 is 1.29 bits per heavy atom. The summed E-state index contributed by atoms with van der Waals surface area (Å²) in [7, 11) is 0. The van der Waals surface area contributed by atoms with Crippen LogP contribution in [0.2, 0.25) is 0 Å². The fraction of sp³-hybridized carbons (Fsp3) is 0.0833. The summed E-state index contributed by atoms with van der Waals surface area (Å²) in [5, 5.41) is 2.06. The quantitative estimate of drug-likeness (QED) is 0.665. The minimum absolute atomic E-state index is 0.205. The molecular formula is C12H10FN. The van der Waals surface area contributed by atoms with Crippen molar-refractivity contribution >= 4 is 16.8 Å². The van der Waals surface area contributed by atoms with E-state index in [0.717, 1.165) is 16.3 Å². The normalized spacial score (nSPS) is 12.0. The van der Waals surface area contributed by atoms with E-state index in [-0.39, 0.29) is 5.83 Å². The second-order valence-corrected chi connectivity index (χ2v) is 3.18. The van der Waals surface area contributed by atoms with Crippen LogP contribution in [0.5, 0.6) is 0 Å². The topological polar surface area (TPSA) is 12.9 Å². The number of hydrogen-bond donors (Lipinski definition) is 0. The Morgan fingerprint density at radius 2 is 2.07 bits per heavy atom. The first kappa shape index (κ1) is 8.88. The van der Waals surface area contributed by atoms with E-state index in [2.05, 4.69) is 4.98 Å². The first-order chi connectivity index (χ1) is 6.77. The largest absolute Gasteiger partial charge is 0.263 e. The van der Waals surface area contributed by atoms with E-state index in [1.54, 1.807) is 12.4 Å². The predicted octanol–water partition coefficient (Wildman–Crippen LogP) is 3.57. The number of hydrogen-bond acceptors (Lipinski definition) is 1. The summed E-state index contributed by atoms with van der Waals surface area (Å²) in [6.45, 7) is 1.43. The van der Waals surface area contributed by atoms with Crippen molar-refractivity contribution in [1.29, 1.82) is 0 Å². The molecule has 2 rings (SSSR count). The molecule has 1 nitrogen and oxygen atoms in total. The molecule has 0 spiro atoms. The van der Waals surface area contributed by atoms with E-state index in [1.165, 1.54) is 13.0 Å². The predicted molar refractivity (Wildman–Crippen MR) is 56.5 cm³/mol. The first-order valence-corrected chi connectivity index (χ1v) is 4.44. The van der Waals surface area contributed by atoms with Gasteiger partial charge < -0.3 is 0 Å². The molecule has 0 aliphatic carbocycles. The molecule has 1 heterocycles. The van der Waals surface area contributed by atoms with Crippen LogP contribution >= 0.6 is 0 Å². The highest BCUT2D eigenvalue weighted by Gasteiger charge is 1.98. The second-order valence-electron chi connectivity index (χ2n) is 3.18. The summed E-state index contributed by atoms with van der Waals surface area (Å²) in [6.07, 6.45) is 4.95. The molecule has 0 bridgehead atoms. The summed E-state index contributed by atoms with van der Waals surface area (Å²) < 4.78 is 12.7. The Hall–Kier alpha value is -1.70. The van der Waals surface area contributed by atoms with Crippen molar-refractivity contribution < 1.29 is 4.39 Å². The van der Waals surface area contributed by atoms with Gasteiger partial charge in [-0.15, -0.1) is 0 Å². The summed E-state index contributed by atoms with van der Waals surface area (Å²) in [4.78, 5) is 4.05. The van der Waals surface area contributed by atoms with Gasteiger partial charge in [-0.25, -0.2) is 4.39 Å². The van der Waals surface area contributed by atoms with Crippen LogP contribution in [0, 0.1) is 0 Å². The van der Waals surface area contributed by atoms with Crippen LogP contribution in [0.25, 0.3) is 16.8 Å². The van der Waals surface area contributed by atoms with Gasteiger partial charge in [-0.1, -0.05) is 24.3 Å². The monoisotopic (exact) mass is 187 g/mol. The van der Waals surface area contributed by atoms with Crippen molar-refractivity contribution in [3.8, 4) is 0 Å². The van der Waals surface area contributed by atoms with Gasteiger partial charge in [0.1, 0.15) is 0 Å². The van der Waals surface area contributed by atoms with Crippen molar-refractivity contribution in [3.63, 3.8) is 0 Å². The van der Waals surface area contributed by atoms with Crippen molar-refractivity contribution in [2.75, 3.05) is 0 Å². The van der Waals surface area contributed by atoms with Crippen molar-refractivity contribution in [1.82, 2.24) is 4.98 Å². The van der Waals surface area contributed by atoms with Crippen LogP contribution in [-0.4, -0.2) is 4.98 Å². The molecule has 2 heteroatoms. The maximum Gasteiger partial charge on any atom is 0.0975 e. The minimum atomic E-state index is -0.205. The number of nitrogens with zero attached hydrogens (tertiary/aromatic N) is 1. The van der Waals surface area contributed by atoms with Gasteiger partial charge in [-0.05, 0) is 18.4 Å². The SMILES string of the molecule is C/C(F)=C\c1cncc2ccccc12. The zero-order valence-corrected chi connectivity index (χ0v) is 7.87. The third-order valence-corrected chi connectivity index (χ3v) is 2.05. The van der Waals surface area contributed by atoms with E-state index >= 15 is 0 Å². The third-order valence-electron chi connectivity index (χ3n) is 2.05. The van der Waals surface area contributed by atoms with Crippen molar-refractivity contribution in [2.24, 2.45) is 0 Å². The Morgan fingerprint density at radius 3 is 2.86 bits per heavy atom. The highest BCUT2D eigenvalue weighted by atomic mass is 19.1. The van der Waals surface area contributed by atoms with Crippen molar-refractivity contribution in [3.05, 3.63) is 48.0 Å². The summed E-state index contributed by atoms with van der Waals surface area (Å²) in [6, 6.07) is 7.81. The summed E-state index contributed by atoms with van der Waals surface area (Å²) in [5.74, 6) is -0.205. The highest BCUT2D eigenvalue weighted by Crippen LogP contribution is 2.19. The smallest absolute Gasteiger partial charge is 0.0975 e. The van der Waals surface area contributed by atoms with E-state index in [4.69, 9.17) is 0 Å². The number of rotatable bonds is 1. The zero-order valence-electron chi connectivity index (χ0n) is 7.87. The molecule has 0 unspecified atom stereocenters. The standard InChI is InChI=1S/C12H10FN/c1-9(13)6-11-8-14-7-10-4-2-3-5-12(10)11/h2-8H,1H3/b9-6+. The molecule has 0 amide bonds. The molecule has 0 atom stereocenters. The Labute approximate surface area is 81.9 Å². The van der Waals surface area contributed by atoms with Gasteiger partial charge in [-0.2, -0.15) is 0 Å². The van der Waals surface area contributed by atoms with E-state index in [0.29, 0.717) is 0 Å². The van der Waals surface area contributed by atoms with E-state index < -0.39 is 0 Å². The molecule has 0 radical (unpaired) electrons. The van der Waals surface area contributed by atoms with Crippen LogP contribution in [0.1, 0.15) is 12.5 Å². The Bertz CT molecular complexity index is 479. The van der Waals surface area contributed by atoms with Gasteiger partial charge in [0.15, 0.2) is 0 Å². The molecular weight excluding hydrogens is 177 g/mol. The van der Waals surface area contributed by atoms with Gasteiger partial charge in [0.05, 0.1) is 5.83 Å².